The van der Waals surface area contributed by atoms with Crippen molar-refractivity contribution in [2.24, 2.45) is 0 Å². The molecule has 1 fully saturated rings. The van der Waals surface area contributed by atoms with Crippen LogP contribution in [-0.2, 0) is 20.5 Å². The van der Waals surface area contributed by atoms with E-state index < -0.39 is 35.4 Å². The summed E-state index contributed by atoms with van der Waals surface area (Å²) < 4.78 is 49.5. The third-order valence-electron chi connectivity index (χ3n) is 5.23. The number of amides is 2. The summed E-state index contributed by atoms with van der Waals surface area (Å²) in [6.07, 6.45) is -6.70. The molecule has 4 rings (SSSR count). The van der Waals surface area contributed by atoms with Crippen LogP contribution < -0.4 is 16.0 Å². The summed E-state index contributed by atoms with van der Waals surface area (Å²) in [4.78, 5) is 30.2. The quantitative estimate of drug-likeness (QED) is 0.530. The molecule has 3 heterocycles. The summed E-state index contributed by atoms with van der Waals surface area (Å²) in [6.45, 7) is 0.925. The zero-order valence-corrected chi connectivity index (χ0v) is 17.1. The second-order valence-corrected chi connectivity index (χ2v) is 7.46. The van der Waals surface area contributed by atoms with Gasteiger partial charge in [-0.1, -0.05) is 11.2 Å². The first kappa shape index (κ1) is 22.5. The number of morpholine rings is 1. The number of fused-ring (bicyclic) bond motifs is 1. The topological polar surface area (TPSA) is 144 Å². The number of hydrogen-bond donors (Lipinski definition) is 3. The summed E-state index contributed by atoms with van der Waals surface area (Å²) in [6, 6.07) is 7.58. The number of aliphatic hydroxyl groups is 1. The number of halogens is 3. The summed E-state index contributed by atoms with van der Waals surface area (Å²) in [5.74, 6) is -2.00. The lowest BCUT2D eigenvalue weighted by Gasteiger charge is -2.40. The van der Waals surface area contributed by atoms with E-state index >= 15 is 0 Å². The molecule has 1 aromatic carbocycles. The zero-order chi connectivity index (χ0) is 24.0. The molecular weight excluding hydrogens is 447 g/mol. The Morgan fingerprint density at radius 2 is 2.09 bits per heavy atom. The second kappa shape index (κ2) is 8.01. The third kappa shape index (κ3) is 4.07. The highest BCUT2D eigenvalue weighted by Gasteiger charge is 2.51. The van der Waals surface area contributed by atoms with Gasteiger partial charge in [-0.25, -0.2) is 4.98 Å². The normalized spacial score (nSPS) is 20.2. The number of ether oxygens (including phenoxy) is 1. The molecule has 0 radical (unpaired) electrons. The maximum atomic E-state index is 13.1. The number of nitrogens with zero attached hydrogens (tertiary/aromatic N) is 3. The number of pyridine rings is 1. The Bertz CT molecular complexity index is 1230. The van der Waals surface area contributed by atoms with Crippen LogP contribution in [0.3, 0.4) is 0 Å². The van der Waals surface area contributed by atoms with Gasteiger partial charge in [-0.2, -0.15) is 13.2 Å². The molecule has 2 aromatic heterocycles. The van der Waals surface area contributed by atoms with Crippen LogP contribution in [0.2, 0.25) is 0 Å². The monoisotopic (exact) mass is 465 g/mol. The predicted molar refractivity (Wildman–Crippen MR) is 109 cm³/mol. The highest BCUT2D eigenvalue weighted by atomic mass is 19.4. The summed E-state index contributed by atoms with van der Waals surface area (Å²) in [7, 11) is 0. The Hall–Kier alpha value is -3.71. The van der Waals surface area contributed by atoms with Crippen molar-refractivity contribution in [3.05, 3.63) is 42.1 Å². The molecule has 13 heteroatoms. The molecule has 1 saturated heterocycles. The van der Waals surface area contributed by atoms with Gasteiger partial charge in [0.05, 0.1) is 18.5 Å². The average Bonchev–Trinajstić information content (AvgIpc) is 3.14. The molecular formula is C20H18F3N5O5. The Labute approximate surface area is 184 Å². The van der Waals surface area contributed by atoms with Gasteiger partial charge < -0.3 is 25.4 Å². The molecule has 2 amide bonds. The van der Waals surface area contributed by atoms with Crippen molar-refractivity contribution in [2.75, 3.05) is 29.1 Å². The number of rotatable bonds is 4. The predicted octanol–water partition coefficient (Wildman–Crippen LogP) is 1.95. The number of benzene rings is 1. The minimum absolute atomic E-state index is 0.110. The molecule has 0 unspecified atom stereocenters. The maximum absolute atomic E-state index is 13.1. The van der Waals surface area contributed by atoms with E-state index in [-0.39, 0.29) is 36.1 Å². The fourth-order valence-corrected chi connectivity index (χ4v) is 3.42. The van der Waals surface area contributed by atoms with Gasteiger partial charge in [0.25, 0.3) is 11.8 Å². The first-order valence-corrected chi connectivity index (χ1v) is 9.65. The number of aliphatic hydroxyl groups excluding tert-OH is 1. The lowest BCUT2D eigenvalue weighted by molar-refractivity contribution is -0.170. The fourth-order valence-electron chi connectivity index (χ4n) is 3.42. The van der Waals surface area contributed by atoms with Crippen LogP contribution in [0.1, 0.15) is 12.6 Å². The van der Waals surface area contributed by atoms with Crippen LogP contribution in [0.5, 0.6) is 0 Å². The van der Waals surface area contributed by atoms with Crippen molar-refractivity contribution in [1.82, 2.24) is 10.1 Å². The fraction of sp³-hybridized carbons (Fsp3) is 0.300. The van der Waals surface area contributed by atoms with E-state index in [9.17, 15) is 27.9 Å². The van der Waals surface area contributed by atoms with Gasteiger partial charge in [-0.3, -0.25) is 14.5 Å². The van der Waals surface area contributed by atoms with Gasteiger partial charge in [-0.05, 0) is 31.2 Å². The molecule has 174 valence electrons. The molecule has 10 nitrogen and oxygen atoms in total. The molecule has 2 atom stereocenters. The first-order valence-electron chi connectivity index (χ1n) is 9.65. The van der Waals surface area contributed by atoms with Crippen LogP contribution in [0.25, 0.3) is 11.0 Å². The van der Waals surface area contributed by atoms with E-state index in [0.29, 0.717) is 5.39 Å². The Kier molecular flexibility index (Phi) is 5.46. The van der Waals surface area contributed by atoms with E-state index in [4.69, 9.17) is 15.0 Å². The van der Waals surface area contributed by atoms with Crippen molar-refractivity contribution in [1.29, 1.82) is 0 Å². The van der Waals surface area contributed by atoms with E-state index in [0.717, 1.165) is 17.0 Å². The van der Waals surface area contributed by atoms with Gasteiger partial charge in [0.1, 0.15) is 11.5 Å². The number of hydrogen-bond acceptors (Lipinski definition) is 8. The molecule has 0 saturated carbocycles. The Morgan fingerprint density at radius 1 is 1.33 bits per heavy atom. The van der Waals surface area contributed by atoms with Crippen LogP contribution >= 0.6 is 0 Å². The van der Waals surface area contributed by atoms with Crippen molar-refractivity contribution in [3.63, 3.8) is 0 Å². The highest BCUT2D eigenvalue weighted by Crippen LogP contribution is 2.32. The van der Waals surface area contributed by atoms with Gasteiger partial charge >= 0.3 is 6.18 Å². The van der Waals surface area contributed by atoms with Gasteiger partial charge in [-0.15, -0.1) is 0 Å². The van der Waals surface area contributed by atoms with Gasteiger partial charge in [0.15, 0.2) is 23.1 Å². The van der Waals surface area contributed by atoms with Crippen molar-refractivity contribution < 1.29 is 37.1 Å². The Balaban J connectivity index is 1.55. The highest BCUT2D eigenvalue weighted by molar-refractivity contribution is 6.06. The molecule has 33 heavy (non-hydrogen) atoms. The minimum Gasteiger partial charge on any atom is -0.380 e. The van der Waals surface area contributed by atoms with E-state index in [1.54, 1.807) is 6.07 Å². The number of carbonyl (C=O) groups is 2. The summed E-state index contributed by atoms with van der Waals surface area (Å²) in [5, 5.41) is 17.2. The molecule has 0 aliphatic carbocycles. The third-order valence-corrected chi connectivity index (χ3v) is 5.23. The van der Waals surface area contributed by atoms with Crippen LogP contribution in [0.4, 0.5) is 30.5 Å². The minimum atomic E-state index is -4.71. The standard InChI is InChI=1S/C20H18F3N5O5/c1-19(15(29)17(30)25-10-5-6-11-12(9-10)33-27-16(11)24)18(31)28(7-8-32-19)14-4-2-3-13(26-14)20(21,22)23/h2-6,9,15,29H,7-8H2,1H3,(H2,24,27)(H,25,30)/t15-,19+/m0/s1. The molecule has 3 aromatic rings. The molecule has 4 N–H and O–H groups in total. The molecule has 1 aliphatic heterocycles. The van der Waals surface area contributed by atoms with E-state index in [1.807, 2.05) is 0 Å². The van der Waals surface area contributed by atoms with Crippen LogP contribution in [0, 0.1) is 0 Å². The number of alkyl halides is 3. The number of nitrogens with two attached hydrogens (primary N) is 1. The first-order chi connectivity index (χ1) is 15.5. The van der Waals surface area contributed by atoms with Crippen molar-refractivity contribution in [2.45, 2.75) is 24.8 Å². The van der Waals surface area contributed by atoms with Crippen LogP contribution in [0.15, 0.2) is 40.9 Å². The largest absolute Gasteiger partial charge is 0.433 e. The number of aromatic nitrogens is 2. The SMILES string of the molecule is C[C@]1([C@@H](O)C(=O)Nc2ccc3c(N)noc3c2)OCCN(c2cccc(C(F)(F)F)n2)C1=O. The number of anilines is 3. The summed E-state index contributed by atoms with van der Waals surface area (Å²) >= 11 is 0. The zero-order valence-electron chi connectivity index (χ0n) is 17.1. The van der Waals surface area contributed by atoms with Crippen molar-refractivity contribution in [3.8, 4) is 0 Å². The van der Waals surface area contributed by atoms with Gasteiger partial charge in [0.2, 0.25) is 0 Å². The van der Waals surface area contributed by atoms with Gasteiger partial charge in [0, 0.05) is 11.8 Å². The second-order valence-electron chi connectivity index (χ2n) is 7.46. The van der Waals surface area contributed by atoms with E-state index in [2.05, 4.69) is 15.5 Å². The molecule has 0 bridgehead atoms. The lowest BCUT2D eigenvalue weighted by atomic mass is 9.94. The molecule has 1 aliphatic rings. The summed E-state index contributed by atoms with van der Waals surface area (Å²) in [5.41, 5.74) is 2.91. The van der Waals surface area contributed by atoms with E-state index in [1.165, 1.54) is 25.1 Å². The maximum Gasteiger partial charge on any atom is 0.433 e. The van der Waals surface area contributed by atoms with Crippen LogP contribution in [-0.4, -0.2) is 51.9 Å². The number of nitrogens with one attached hydrogen (secondary N) is 1. The van der Waals surface area contributed by atoms with Crippen molar-refractivity contribution >= 4 is 40.1 Å². The number of nitrogen functional groups attached to an aromatic ring is 1. The lowest BCUT2D eigenvalue weighted by Crippen LogP contribution is -2.63. The smallest absolute Gasteiger partial charge is 0.380 e. The number of carbonyl (C=O) groups excluding carboxylic acids is 2. The average molecular weight is 465 g/mol. The Morgan fingerprint density at radius 3 is 2.82 bits per heavy atom. The molecule has 0 spiro atoms.